The molecule has 1 aliphatic carbocycles. The molecule has 2 rings (SSSR count). The zero-order valence-electron chi connectivity index (χ0n) is 9.68. The Hall–Kier alpha value is -1.76. The SMILES string of the molecule is Nc1cccnc1SCC(=O)NC(=O)NC1CC1. The van der Waals surface area contributed by atoms with Gasteiger partial charge in [0.1, 0.15) is 5.03 Å². The molecular weight excluding hydrogens is 252 g/mol. The van der Waals surface area contributed by atoms with E-state index in [1.807, 2.05) is 0 Å². The number of carbonyl (C=O) groups is 2. The van der Waals surface area contributed by atoms with Crippen molar-refractivity contribution in [1.29, 1.82) is 0 Å². The van der Waals surface area contributed by atoms with Crippen molar-refractivity contribution < 1.29 is 9.59 Å². The molecular formula is C11H14N4O2S. The minimum Gasteiger partial charge on any atom is -0.397 e. The lowest BCUT2D eigenvalue weighted by Gasteiger charge is -2.06. The highest BCUT2D eigenvalue weighted by atomic mass is 32.2. The summed E-state index contributed by atoms with van der Waals surface area (Å²) in [6, 6.07) is 3.24. The van der Waals surface area contributed by atoms with E-state index in [2.05, 4.69) is 15.6 Å². The number of nitrogen functional groups attached to an aromatic ring is 1. The lowest BCUT2D eigenvalue weighted by molar-refractivity contribution is -0.117. The second-order valence-corrected chi connectivity index (χ2v) is 4.95. The van der Waals surface area contributed by atoms with E-state index >= 15 is 0 Å². The van der Waals surface area contributed by atoms with Crippen LogP contribution in [0.25, 0.3) is 0 Å². The van der Waals surface area contributed by atoms with Gasteiger partial charge in [-0.3, -0.25) is 10.1 Å². The molecule has 1 saturated carbocycles. The van der Waals surface area contributed by atoms with Gasteiger partial charge in [0.05, 0.1) is 11.4 Å². The highest BCUT2D eigenvalue weighted by Crippen LogP contribution is 2.21. The molecule has 0 aromatic carbocycles. The Labute approximate surface area is 109 Å². The molecule has 6 nitrogen and oxygen atoms in total. The fourth-order valence-electron chi connectivity index (χ4n) is 1.27. The lowest BCUT2D eigenvalue weighted by Crippen LogP contribution is -2.41. The maximum atomic E-state index is 11.5. The maximum Gasteiger partial charge on any atom is 0.321 e. The van der Waals surface area contributed by atoms with E-state index in [0.717, 1.165) is 12.8 Å². The number of carbonyl (C=O) groups excluding carboxylic acids is 2. The van der Waals surface area contributed by atoms with E-state index in [9.17, 15) is 9.59 Å². The van der Waals surface area contributed by atoms with E-state index in [-0.39, 0.29) is 17.7 Å². The number of rotatable bonds is 4. The smallest absolute Gasteiger partial charge is 0.321 e. The average Bonchev–Trinajstić information content (AvgIpc) is 3.11. The summed E-state index contributed by atoms with van der Waals surface area (Å²) in [5, 5.41) is 5.53. The van der Waals surface area contributed by atoms with E-state index in [0.29, 0.717) is 10.7 Å². The third-order valence-electron chi connectivity index (χ3n) is 2.31. The van der Waals surface area contributed by atoms with Gasteiger partial charge in [0.25, 0.3) is 0 Å². The number of anilines is 1. The molecule has 96 valence electrons. The van der Waals surface area contributed by atoms with Crippen LogP contribution in [-0.4, -0.2) is 28.7 Å². The van der Waals surface area contributed by atoms with E-state index in [4.69, 9.17) is 5.73 Å². The Bertz CT molecular complexity index is 462. The van der Waals surface area contributed by atoms with E-state index in [1.165, 1.54) is 11.8 Å². The molecule has 1 aromatic rings. The molecule has 0 atom stereocenters. The second kappa shape index (κ2) is 5.72. The molecule has 7 heteroatoms. The summed E-state index contributed by atoms with van der Waals surface area (Å²) in [5.74, 6) is -0.248. The minimum atomic E-state index is -0.433. The summed E-state index contributed by atoms with van der Waals surface area (Å²) >= 11 is 1.20. The molecule has 0 unspecified atom stereocenters. The van der Waals surface area contributed by atoms with Gasteiger partial charge in [-0.25, -0.2) is 9.78 Å². The molecule has 1 aromatic heterocycles. The van der Waals surface area contributed by atoms with Crippen LogP contribution in [-0.2, 0) is 4.79 Å². The number of hydrogen-bond acceptors (Lipinski definition) is 5. The van der Waals surface area contributed by atoms with Crippen LogP contribution in [0, 0.1) is 0 Å². The molecule has 0 bridgehead atoms. The molecule has 1 fully saturated rings. The first-order valence-corrected chi connectivity index (χ1v) is 6.57. The van der Waals surface area contributed by atoms with Gasteiger partial charge < -0.3 is 11.1 Å². The first-order valence-electron chi connectivity index (χ1n) is 5.59. The summed E-state index contributed by atoms with van der Waals surface area (Å²) in [7, 11) is 0. The zero-order chi connectivity index (χ0) is 13.0. The van der Waals surface area contributed by atoms with Gasteiger partial charge in [-0.05, 0) is 25.0 Å². The van der Waals surface area contributed by atoms with Crippen LogP contribution in [0.3, 0.4) is 0 Å². The van der Waals surface area contributed by atoms with Gasteiger partial charge in [0.2, 0.25) is 5.91 Å². The number of hydrogen-bond donors (Lipinski definition) is 3. The van der Waals surface area contributed by atoms with Crippen molar-refractivity contribution >= 4 is 29.4 Å². The Morgan fingerprint density at radius 3 is 2.94 bits per heavy atom. The van der Waals surface area contributed by atoms with E-state index < -0.39 is 6.03 Å². The molecule has 1 aliphatic rings. The predicted molar refractivity (Wildman–Crippen MR) is 69.1 cm³/mol. The number of urea groups is 1. The first-order chi connectivity index (χ1) is 8.65. The quantitative estimate of drug-likeness (QED) is 0.698. The second-order valence-electron chi connectivity index (χ2n) is 3.98. The monoisotopic (exact) mass is 266 g/mol. The number of nitrogens with one attached hydrogen (secondary N) is 2. The largest absolute Gasteiger partial charge is 0.397 e. The summed E-state index contributed by atoms with van der Waals surface area (Å²) in [4.78, 5) is 26.8. The Kier molecular flexibility index (Phi) is 4.03. The minimum absolute atomic E-state index is 0.110. The average molecular weight is 266 g/mol. The van der Waals surface area contributed by atoms with Crippen molar-refractivity contribution in [2.75, 3.05) is 11.5 Å². The first kappa shape index (κ1) is 12.7. The maximum absolute atomic E-state index is 11.5. The number of aromatic nitrogens is 1. The molecule has 0 radical (unpaired) electrons. The molecule has 4 N–H and O–H groups in total. The number of thioether (sulfide) groups is 1. The van der Waals surface area contributed by atoms with Crippen LogP contribution in [0.5, 0.6) is 0 Å². The van der Waals surface area contributed by atoms with Crippen LogP contribution < -0.4 is 16.4 Å². The predicted octanol–water partition coefficient (Wildman–Crippen LogP) is 0.744. The molecule has 0 aliphatic heterocycles. The highest BCUT2D eigenvalue weighted by molar-refractivity contribution is 8.00. The van der Waals surface area contributed by atoms with Gasteiger partial charge in [-0.2, -0.15) is 0 Å². The van der Waals surface area contributed by atoms with Crippen molar-refractivity contribution in [3.8, 4) is 0 Å². The number of imide groups is 1. The Morgan fingerprint density at radius 1 is 1.50 bits per heavy atom. The van der Waals surface area contributed by atoms with Crippen molar-refractivity contribution in [3.63, 3.8) is 0 Å². The normalized spacial score (nSPS) is 14.0. The van der Waals surface area contributed by atoms with Crippen LogP contribution in [0.15, 0.2) is 23.4 Å². The van der Waals surface area contributed by atoms with Gasteiger partial charge in [0, 0.05) is 12.2 Å². The molecule has 0 spiro atoms. The van der Waals surface area contributed by atoms with Gasteiger partial charge in [0.15, 0.2) is 0 Å². The van der Waals surface area contributed by atoms with Crippen LogP contribution in [0.4, 0.5) is 10.5 Å². The third-order valence-corrected chi connectivity index (χ3v) is 3.33. The summed E-state index contributed by atoms with van der Waals surface area (Å²) in [6.07, 6.45) is 3.58. The molecule has 0 saturated heterocycles. The summed E-state index contributed by atoms with van der Waals surface area (Å²) in [6.45, 7) is 0. The summed E-state index contributed by atoms with van der Waals surface area (Å²) in [5.41, 5.74) is 6.21. The zero-order valence-corrected chi connectivity index (χ0v) is 10.5. The van der Waals surface area contributed by atoms with Gasteiger partial charge in [-0.15, -0.1) is 0 Å². The van der Waals surface area contributed by atoms with Crippen molar-refractivity contribution in [2.24, 2.45) is 0 Å². The molecule has 18 heavy (non-hydrogen) atoms. The number of amides is 3. The number of nitrogens with two attached hydrogens (primary N) is 1. The van der Waals surface area contributed by atoms with Gasteiger partial charge >= 0.3 is 6.03 Å². The Morgan fingerprint density at radius 2 is 2.28 bits per heavy atom. The fourth-order valence-corrected chi connectivity index (χ4v) is 1.98. The van der Waals surface area contributed by atoms with Crippen LogP contribution in [0.2, 0.25) is 0 Å². The van der Waals surface area contributed by atoms with Gasteiger partial charge in [-0.1, -0.05) is 11.8 Å². The Balaban J connectivity index is 1.74. The van der Waals surface area contributed by atoms with E-state index in [1.54, 1.807) is 18.3 Å². The van der Waals surface area contributed by atoms with Crippen molar-refractivity contribution in [3.05, 3.63) is 18.3 Å². The molecule has 3 amide bonds. The number of nitrogens with zero attached hydrogens (tertiary/aromatic N) is 1. The highest BCUT2D eigenvalue weighted by Gasteiger charge is 2.23. The lowest BCUT2D eigenvalue weighted by atomic mass is 10.4. The third kappa shape index (κ3) is 3.92. The van der Waals surface area contributed by atoms with Crippen LogP contribution >= 0.6 is 11.8 Å². The summed E-state index contributed by atoms with van der Waals surface area (Å²) < 4.78 is 0. The standard InChI is InChI=1S/C11H14N4O2S/c12-8-2-1-5-13-10(8)18-6-9(16)15-11(17)14-7-3-4-7/h1-2,5,7H,3-4,6,12H2,(H2,14,15,16,17). The number of pyridine rings is 1. The molecule has 1 heterocycles. The topological polar surface area (TPSA) is 97.1 Å². The van der Waals surface area contributed by atoms with Crippen LogP contribution in [0.1, 0.15) is 12.8 Å². The fraction of sp³-hybridized carbons (Fsp3) is 0.364. The van der Waals surface area contributed by atoms with Crippen molar-refractivity contribution in [2.45, 2.75) is 23.9 Å². The van der Waals surface area contributed by atoms with Crippen molar-refractivity contribution in [1.82, 2.24) is 15.6 Å².